The lowest BCUT2D eigenvalue weighted by Gasteiger charge is -2.15. The summed E-state index contributed by atoms with van der Waals surface area (Å²) in [6.07, 6.45) is 2.81. The predicted octanol–water partition coefficient (Wildman–Crippen LogP) is 4.53. The smallest absolute Gasteiger partial charge is 0.303 e. The van der Waals surface area contributed by atoms with Crippen LogP contribution in [0.25, 0.3) is 0 Å². The summed E-state index contributed by atoms with van der Waals surface area (Å²) in [5.41, 5.74) is 3.61. The van der Waals surface area contributed by atoms with E-state index in [0.29, 0.717) is 6.42 Å². The number of benzene rings is 2. The maximum atomic E-state index is 10.6. The Labute approximate surface area is 138 Å². The van der Waals surface area contributed by atoms with Crippen molar-refractivity contribution in [2.24, 2.45) is 0 Å². The first kappa shape index (κ1) is 15.1. The van der Waals surface area contributed by atoms with Gasteiger partial charge in [-0.1, -0.05) is 40.2 Å². The Morgan fingerprint density at radius 3 is 2.73 bits per heavy atom. The summed E-state index contributed by atoms with van der Waals surface area (Å²) in [5, 5.41) is 8.71. The highest BCUT2D eigenvalue weighted by Gasteiger charge is 2.25. The van der Waals surface area contributed by atoms with Gasteiger partial charge in [0.1, 0.15) is 11.9 Å². The maximum Gasteiger partial charge on any atom is 0.303 e. The van der Waals surface area contributed by atoms with Crippen molar-refractivity contribution < 1.29 is 14.6 Å². The van der Waals surface area contributed by atoms with E-state index in [-0.39, 0.29) is 12.5 Å². The number of carboxylic acid groups (broad SMARTS) is 1. The molecule has 2 aromatic rings. The molecule has 2 aromatic carbocycles. The average molecular weight is 361 g/mol. The Kier molecular flexibility index (Phi) is 4.48. The maximum absolute atomic E-state index is 10.6. The minimum atomic E-state index is -0.770. The highest BCUT2D eigenvalue weighted by Crippen LogP contribution is 2.38. The van der Waals surface area contributed by atoms with Gasteiger partial charge in [-0.25, -0.2) is 0 Å². The van der Waals surface area contributed by atoms with Crippen molar-refractivity contribution in [3.05, 3.63) is 63.6 Å². The number of halogens is 1. The van der Waals surface area contributed by atoms with Crippen LogP contribution in [0.5, 0.6) is 5.75 Å². The molecule has 0 aromatic heterocycles. The van der Waals surface area contributed by atoms with Gasteiger partial charge in [-0.05, 0) is 54.2 Å². The number of rotatable bonds is 5. The molecule has 0 saturated heterocycles. The molecule has 22 heavy (non-hydrogen) atoms. The summed E-state index contributed by atoms with van der Waals surface area (Å²) >= 11 is 3.60. The van der Waals surface area contributed by atoms with Crippen LogP contribution < -0.4 is 4.74 Å². The molecule has 0 amide bonds. The zero-order valence-electron chi connectivity index (χ0n) is 12.1. The molecule has 1 unspecified atom stereocenters. The van der Waals surface area contributed by atoms with Crippen molar-refractivity contribution in [1.29, 1.82) is 0 Å². The summed E-state index contributed by atoms with van der Waals surface area (Å²) in [5.74, 6) is 0.0605. The van der Waals surface area contributed by atoms with Gasteiger partial charge in [0.05, 0.1) is 0 Å². The molecule has 1 aliphatic carbocycles. The third-order valence-corrected chi connectivity index (χ3v) is 4.73. The van der Waals surface area contributed by atoms with Gasteiger partial charge in [0.15, 0.2) is 0 Å². The van der Waals surface area contributed by atoms with Crippen molar-refractivity contribution >= 4 is 21.9 Å². The predicted molar refractivity (Wildman–Crippen MR) is 88.2 cm³/mol. The van der Waals surface area contributed by atoms with Crippen molar-refractivity contribution in [1.82, 2.24) is 0 Å². The lowest BCUT2D eigenvalue weighted by molar-refractivity contribution is -0.136. The number of hydrogen-bond acceptors (Lipinski definition) is 2. The second kappa shape index (κ2) is 6.53. The zero-order valence-corrected chi connectivity index (χ0v) is 13.7. The Balaban J connectivity index is 1.68. The van der Waals surface area contributed by atoms with Gasteiger partial charge < -0.3 is 9.84 Å². The molecule has 0 spiro atoms. The fraction of sp³-hybridized carbons (Fsp3) is 0.278. The van der Waals surface area contributed by atoms with Gasteiger partial charge in [-0.3, -0.25) is 4.79 Å². The topological polar surface area (TPSA) is 46.5 Å². The van der Waals surface area contributed by atoms with Crippen molar-refractivity contribution in [2.75, 3.05) is 0 Å². The number of carbonyl (C=O) groups is 1. The second-order valence-electron chi connectivity index (χ2n) is 5.49. The molecule has 4 heteroatoms. The van der Waals surface area contributed by atoms with Crippen LogP contribution in [0.2, 0.25) is 0 Å². The van der Waals surface area contributed by atoms with Crippen LogP contribution in [0.1, 0.15) is 35.6 Å². The lowest BCUT2D eigenvalue weighted by atomic mass is 10.1. The van der Waals surface area contributed by atoms with Gasteiger partial charge in [-0.2, -0.15) is 0 Å². The monoisotopic (exact) mass is 360 g/mol. The molecule has 3 rings (SSSR count). The molecule has 0 bridgehead atoms. The molecule has 1 aliphatic rings. The number of fused-ring (bicyclic) bond motifs is 1. The van der Waals surface area contributed by atoms with E-state index in [1.165, 1.54) is 11.1 Å². The number of aryl methyl sites for hydroxylation is 1. The quantitative estimate of drug-likeness (QED) is 0.851. The molecule has 1 atom stereocenters. The van der Waals surface area contributed by atoms with E-state index in [1.807, 2.05) is 30.3 Å². The molecule has 0 aliphatic heterocycles. The van der Waals surface area contributed by atoms with Crippen LogP contribution in [0.4, 0.5) is 0 Å². The van der Waals surface area contributed by atoms with E-state index in [0.717, 1.165) is 28.6 Å². The normalized spacial score (nSPS) is 16.3. The van der Waals surface area contributed by atoms with E-state index in [9.17, 15) is 4.79 Å². The first-order chi connectivity index (χ1) is 10.6. The van der Waals surface area contributed by atoms with Crippen LogP contribution >= 0.6 is 15.9 Å². The van der Waals surface area contributed by atoms with Gasteiger partial charge in [-0.15, -0.1) is 0 Å². The van der Waals surface area contributed by atoms with Gasteiger partial charge in [0.2, 0.25) is 0 Å². The number of carboxylic acids is 1. The average Bonchev–Trinajstić information content (AvgIpc) is 2.91. The van der Waals surface area contributed by atoms with Crippen LogP contribution in [0, 0.1) is 0 Å². The molecule has 1 N–H and O–H groups in total. The minimum absolute atomic E-state index is 0.0948. The summed E-state index contributed by atoms with van der Waals surface area (Å²) in [7, 11) is 0. The van der Waals surface area contributed by atoms with E-state index >= 15 is 0 Å². The van der Waals surface area contributed by atoms with Crippen molar-refractivity contribution in [3.8, 4) is 5.75 Å². The van der Waals surface area contributed by atoms with E-state index < -0.39 is 5.97 Å². The lowest BCUT2D eigenvalue weighted by Crippen LogP contribution is -2.03. The fourth-order valence-electron chi connectivity index (χ4n) is 2.84. The molecule has 0 saturated carbocycles. The largest absolute Gasteiger partial charge is 0.486 e. The van der Waals surface area contributed by atoms with Crippen LogP contribution in [0.3, 0.4) is 0 Å². The second-order valence-corrected chi connectivity index (χ2v) is 6.34. The SMILES string of the molecule is O=C(O)CCc1ccc(OC2CCc3c(Br)cccc32)cc1. The summed E-state index contributed by atoms with van der Waals surface area (Å²) < 4.78 is 7.25. The van der Waals surface area contributed by atoms with Crippen LogP contribution in [-0.4, -0.2) is 11.1 Å². The van der Waals surface area contributed by atoms with E-state index in [4.69, 9.17) is 9.84 Å². The van der Waals surface area contributed by atoms with Gasteiger partial charge in [0, 0.05) is 10.9 Å². The first-order valence-electron chi connectivity index (χ1n) is 7.38. The molecule has 3 nitrogen and oxygen atoms in total. The summed E-state index contributed by atoms with van der Waals surface area (Å²) in [6.45, 7) is 0. The van der Waals surface area contributed by atoms with Crippen LogP contribution in [-0.2, 0) is 17.6 Å². The minimum Gasteiger partial charge on any atom is -0.486 e. The number of aliphatic carboxylic acids is 1. The summed E-state index contributed by atoms with van der Waals surface area (Å²) in [4.78, 5) is 10.6. The molecule has 0 heterocycles. The molecule has 0 fully saturated rings. The molecule has 0 radical (unpaired) electrons. The highest BCUT2D eigenvalue weighted by atomic mass is 79.9. The standard InChI is InChI=1S/C18H17BrO3/c19-16-3-1-2-15-14(16)9-10-17(15)22-13-7-4-12(5-8-13)6-11-18(20)21/h1-5,7-8,17H,6,9-11H2,(H,20,21). The Morgan fingerprint density at radius 2 is 2.00 bits per heavy atom. The van der Waals surface area contributed by atoms with Crippen molar-refractivity contribution in [2.45, 2.75) is 31.8 Å². The first-order valence-corrected chi connectivity index (χ1v) is 8.17. The molecule has 114 valence electrons. The van der Waals surface area contributed by atoms with Gasteiger partial charge in [0.25, 0.3) is 0 Å². The Hall–Kier alpha value is -1.81. The number of hydrogen-bond donors (Lipinski definition) is 1. The fourth-order valence-corrected chi connectivity index (χ4v) is 3.42. The third kappa shape index (κ3) is 3.33. The Bertz CT molecular complexity index is 679. The molecular formula is C18H17BrO3. The third-order valence-electron chi connectivity index (χ3n) is 3.99. The van der Waals surface area contributed by atoms with Crippen LogP contribution in [0.15, 0.2) is 46.9 Å². The molecular weight excluding hydrogens is 344 g/mol. The Morgan fingerprint density at radius 1 is 1.23 bits per heavy atom. The van der Waals surface area contributed by atoms with Gasteiger partial charge >= 0.3 is 5.97 Å². The van der Waals surface area contributed by atoms with E-state index in [1.54, 1.807) is 0 Å². The number of ether oxygens (including phenoxy) is 1. The van der Waals surface area contributed by atoms with Crippen molar-refractivity contribution in [3.63, 3.8) is 0 Å². The highest BCUT2D eigenvalue weighted by molar-refractivity contribution is 9.10. The zero-order chi connectivity index (χ0) is 15.5. The summed E-state index contributed by atoms with van der Waals surface area (Å²) in [6, 6.07) is 14.0. The van der Waals surface area contributed by atoms with E-state index in [2.05, 4.69) is 28.1 Å².